The molecule has 0 saturated carbocycles. The van der Waals surface area contributed by atoms with Gasteiger partial charge in [0.25, 0.3) is 5.91 Å². The molecule has 1 fully saturated rings. The van der Waals surface area contributed by atoms with Crippen LogP contribution in [0.15, 0.2) is 84.0 Å². The average molecular weight is 414 g/mol. The number of amides is 3. The monoisotopic (exact) mass is 414 g/mol. The maximum Gasteiger partial charge on any atom is 0.346 e. The summed E-state index contributed by atoms with van der Waals surface area (Å²) in [5, 5.41) is 11.0. The Morgan fingerprint density at radius 1 is 0.935 bits per heavy atom. The Labute approximate surface area is 180 Å². The van der Waals surface area contributed by atoms with Crippen LogP contribution in [-0.4, -0.2) is 30.3 Å². The van der Waals surface area contributed by atoms with Crippen LogP contribution >= 0.6 is 0 Å². The van der Waals surface area contributed by atoms with Crippen LogP contribution < -0.4 is 15.4 Å². The van der Waals surface area contributed by atoms with E-state index in [9.17, 15) is 9.59 Å². The van der Waals surface area contributed by atoms with Gasteiger partial charge in [-0.2, -0.15) is 5.10 Å². The van der Waals surface area contributed by atoms with E-state index in [1.807, 2.05) is 54.6 Å². The molecule has 0 radical (unpaired) electrons. The molecule has 3 amide bonds. The van der Waals surface area contributed by atoms with Crippen LogP contribution in [0, 0.1) is 0 Å². The number of imide groups is 1. The third kappa shape index (κ3) is 4.11. The summed E-state index contributed by atoms with van der Waals surface area (Å²) in [6.07, 6.45) is 1.49. The average Bonchev–Trinajstić information content (AvgIpc) is 3.02. The number of carbonyl (C=O) groups excluding carboxylic acids is 2. The number of hydrogen-bond donors (Lipinski definition) is 2. The lowest BCUT2D eigenvalue weighted by Crippen LogP contribution is -2.40. The lowest BCUT2D eigenvalue weighted by Gasteiger charge is -2.21. The maximum atomic E-state index is 13.0. The maximum absolute atomic E-state index is 13.0. The van der Waals surface area contributed by atoms with Crippen molar-refractivity contribution in [2.75, 3.05) is 12.4 Å². The van der Waals surface area contributed by atoms with Gasteiger partial charge in [-0.05, 0) is 54.4 Å². The van der Waals surface area contributed by atoms with E-state index in [4.69, 9.17) is 4.74 Å². The zero-order chi connectivity index (χ0) is 21.8. The van der Waals surface area contributed by atoms with Crippen LogP contribution in [-0.2, 0) is 10.3 Å². The van der Waals surface area contributed by atoms with E-state index < -0.39 is 17.5 Å². The number of rotatable bonds is 6. The Balaban J connectivity index is 1.47. The number of nitrogens with zero attached hydrogens (tertiary/aromatic N) is 2. The first-order valence-corrected chi connectivity index (χ1v) is 9.77. The third-order valence-corrected chi connectivity index (χ3v) is 5.13. The summed E-state index contributed by atoms with van der Waals surface area (Å²) in [6, 6.07) is 23.8. The fraction of sp³-hybridized carbons (Fsp3) is 0.125. The molecular formula is C24H22N4O3. The summed E-state index contributed by atoms with van der Waals surface area (Å²) in [4.78, 5) is 25.4. The number of methoxy groups -OCH3 is 1. The van der Waals surface area contributed by atoms with Gasteiger partial charge < -0.3 is 15.4 Å². The van der Waals surface area contributed by atoms with Gasteiger partial charge >= 0.3 is 6.03 Å². The fourth-order valence-corrected chi connectivity index (χ4v) is 3.31. The molecule has 1 aliphatic heterocycles. The molecule has 7 heteroatoms. The molecule has 31 heavy (non-hydrogen) atoms. The Bertz CT molecular complexity index is 1110. The smallest absolute Gasteiger partial charge is 0.346 e. The predicted octanol–water partition coefficient (Wildman–Crippen LogP) is 4.24. The van der Waals surface area contributed by atoms with Gasteiger partial charge in [-0.15, -0.1) is 5.01 Å². The number of anilines is 2. The fourth-order valence-electron chi connectivity index (χ4n) is 3.31. The van der Waals surface area contributed by atoms with Crippen LogP contribution in [0.5, 0.6) is 5.75 Å². The zero-order valence-electron chi connectivity index (χ0n) is 17.2. The van der Waals surface area contributed by atoms with Crippen LogP contribution in [0.2, 0.25) is 0 Å². The summed E-state index contributed by atoms with van der Waals surface area (Å²) < 4.78 is 5.15. The Kier molecular flexibility index (Phi) is 5.41. The highest BCUT2D eigenvalue weighted by molar-refractivity contribution is 6.07. The van der Waals surface area contributed by atoms with E-state index in [0.29, 0.717) is 11.3 Å². The summed E-state index contributed by atoms with van der Waals surface area (Å²) in [7, 11) is 1.57. The molecule has 0 spiro atoms. The second kappa shape index (κ2) is 8.31. The van der Waals surface area contributed by atoms with Crippen LogP contribution in [0.4, 0.5) is 16.2 Å². The first-order chi connectivity index (χ1) is 15.0. The summed E-state index contributed by atoms with van der Waals surface area (Å²) >= 11 is 0. The van der Waals surface area contributed by atoms with Crippen molar-refractivity contribution in [3.8, 4) is 5.75 Å². The van der Waals surface area contributed by atoms with Crippen LogP contribution in [0.3, 0.4) is 0 Å². The first-order valence-electron chi connectivity index (χ1n) is 9.77. The van der Waals surface area contributed by atoms with Crippen molar-refractivity contribution in [3.63, 3.8) is 0 Å². The number of urea groups is 1. The number of hydrazone groups is 1. The van der Waals surface area contributed by atoms with Gasteiger partial charge in [-0.3, -0.25) is 4.79 Å². The normalized spacial score (nSPS) is 18.3. The molecule has 1 heterocycles. The quantitative estimate of drug-likeness (QED) is 0.467. The van der Waals surface area contributed by atoms with E-state index in [2.05, 4.69) is 15.7 Å². The number of hydrogen-bond acceptors (Lipinski definition) is 5. The van der Waals surface area contributed by atoms with Gasteiger partial charge in [0.1, 0.15) is 11.3 Å². The number of carbonyl (C=O) groups is 2. The zero-order valence-corrected chi connectivity index (χ0v) is 17.2. The van der Waals surface area contributed by atoms with Gasteiger partial charge in [-0.1, -0.05) is 42.5 Å². The molecule has 0 bridgehead atoms. The van der Waals surface area contributed by atoms with Gasteiger partial charge in [0.05, 0.1) is 13.3 Å². The topological polar surface area (TPSA) is 83.0 Å². The Hall–Kier alpha value is -4.13. The highest BCUT2D eigenvalue weighted by Crippen LogP contribution is 2.30. The van der Waals surface area contributed by atoms with E-state index in [0.717, 1.165) is 21.9 Å². The molecule has 1 aliphatic rings. The van der Waals surface area contributed by atoms with Crippen molar-refractivity contribution in [3.05, 3.63) is 90.0 Å². The first kappa shape index (κ1) is 20.2. The van der Waals surface area contributed by atoms with Crippen molar-refractivity contribution in [2.45, 2.75) is 12.5 Å². The molecule has 4 rings (SSSR count). The number of para-hydroxylation sites is 1. The summed E-state index contributed by atoms with van der Waals surface area (Å²) in [6.45, 7) is 1.66. The highest BCUT2D eigenvalue weighted by Gasteiger charge is 2.49. The number of nitrogens with one attached hydrogen (secondary N) is 2. The van der Waals surface area contributed by atoms with Crippen molar-refractivity contribution in [1.82, 2.24) is 10.3 Å². The molecule has 3 aromatic rings. The summed E-state index contributed by atoms with van der Waals surface area (Å²) in [5.41, 5.74) is 2.13. The molecule has 0 aromatic heterocycles. The molecule has 3 aromatic carbocycles. The lowest BCUT2D eigenvalue weighted by atomic mass is 9.92. The lowest BCUT2D eigenvalue weighted by molar-refractivity contribution is -0.131. The largest absolute Gasteiger partial charge is 0.497 e. The second-order valence-electron chi connectivity index (χ2n) is 7.26. The van der Waals surface area contributed by atoms with Gasteiger partial charge in [0.2, 0.25) is 0 Å². The molecule has 0 aliphatic carbocycles. The third-order valence-electron chi connectivity index (χ3n) is 5.13. The second-order valence-corrected chi connectivity index (χ2v) is 7.26. The van der Waals surface area contributed by atoms with E-state index in [-0.39, 0.29) is 0 Å². The van der Waals surface area contributed by atoms with Crippen molar-refractivity contribution >= 4 is 29.5 Å². The molecular weight excluding hydrogens is 392 g/mol. The summed E-state index contributed by atoms with van der Waals surface area (Å²) in [5.74, 6) is 0.227. The Morgan fingerprint density at radius 2 is 1.58 bits per heavy atom. The van der Waals surface area contributed by atoms with E-state index in [1.54, 1.807) is 38.3 Å². The van der Waals surface area contributed by atoms with Gasteiger partial charge in [-0.25, -0.2) is 4.79 Å². The van der Waals surface area contributed by atoms with E-state index >= 15 is 0 Å². The Morgan fingerprint density at radius 3 is 2.23 bits per heavy atom. The molecule has 0 unspecified atom stereocenters. The molecule has 2 N–H and O–H groups in total. The van der Waals surface area contributed by atoms with Crippen molar-refractivity contribution in [1.29, 1.82) is 0 Å². The van der Waals surface area contributed by atoms with Crippen molar-refractivity contribution in [2.24, 2.45) is 5.10 Å². The van der Waals surface area contributed by atoms with Crippen molar-refractivity contribution < 1.29 is 14.3 Å². The predicted molar refractivity (Wildman–Crippen MR) is 119 cm³/mol. The minimum atomic E-state index is -1.19. The molecule has 1 saturated heterocycles. The van der Waals surface area contributed by atoms with Gasteiger partial charge in [0, 0.05) is 11.4 Å². The SMILES string of the molecule is COc1ccc([C@@]2(C)NC(=O)N(/N=C\c3ccc(Nc4ccccc4)cc3)C2=O)cc1. The van der Waals surface area contributed by atoms with E-state index in [1.165, 1.54) is 6.21 Å². The highest BCUT2D eigenvalue weighted by atomic mass is 16.5. The van der Waals surface area contributed by atoms with Crippen LogP contribution in [0.1, 0.15) is 18.1 Å². The molecule has 156 valence electrons. The minimum absolute atomic E-state index is 0.443. The number of benzene rings is 3. The minimum Gasteiger partial charge on any atom is -0.497 e. The standard InChI is InChI=1S/C24H22N4O3/c1-24(18-10-14-21(31-2)15-11-18)22(29)28(23(30)27-24)25-16-17-8-12-20(13-9-17)26-19-6-4-3-5-7-19/h3-16,26H,1-2H3,(H,27,30)/b25-16-/t24-/m1/s1. The number of ether oxygens (including phenoxy) is 1. The van der Waals surface area contributed by atoms with Crippen LogP contribution in [0.25, 0.3) is 0 Å². The molecule has 7 nitrogen and oxygen atoms in total. The molecule has 1 atom stereocenters. The van der Waals surface area contributed by atoms with Gasteiger partial charge in [0.15, 0.2) is 0 Å².